The van der Waals surface area contributed by atoms with Crippen molar-refractivity contribution in [1.29, 1.82) is 5.41 Å². The molecule has 1 unspecified atom stereocenters. The molecule has 16 heavy (non-hydrogen) atoms. The van der Waals surface area contributed by atoms with Crippen LogP contribution in [0.5, 0.6) is 0 Å². The Labute approximate surface area is 95.2 Å². The normalized spacial score (nSPS) is 20.8. The van der Waals surface area contributed by atoms with E-state index in [2.05, 4.69) is 21.8 Å². The van der Waals surface area contributed by atoms with Gasteiger partial charge in [-0.2, -0.15) is 0 Å². The van der Waals surface area contributed by atoms with E-state index in [4.69, 9.17) is 11.1 Å². The van der Waals surface area contributed by atoms with Crippen molar-refractivity contribution in [2.24, 2.45) is 5.73 Å². The molecule has 2 heterocycles. The summed E-state index contributed by atoms with van der Waals surface area (Å²) in [7, 11) is 0. The molecule has 0 amide bonds. The molecule has 1 aliphatic heterocycles. The number of aromatic nitrogens is 2. The molecule has 1 atom stereocenters. The Balaban J connectivity index is 2.17. The predicted molar refractivity (Wildman–Crippen MR) is 63.7 cm³/mol. The molecule has 1 aromatic heterocycles. The van der Waals surface area contributed by atoms with Crippen molar-refractivity contribution in [1.82, 2.24) is 9.97 Å². The van der Waals surface area contributed by atoms with Crippen LogP contribution in [0.4, 0.5) is 5.82 Å². The zero-order chi connectivity index (χ0) is 11.5. The van der Waals surface area contributed by atoms with Gasteiger partial charge in [-0.05, 0) is 26.2 Å². The summed E-state index contributed by atoms with van der Waals surface area (Å²) < 4.78 is 0. The fraction of sp³-hybridized carbons (Fsp3) is 0.545. The molecule has 0 aromatic carbocycles. The molecule has 86 valence electrons. The van der Waals surface area contributed by atoms with Gasteiger partial charge in [0.05, 0.1) is 12.4 Å². The Bertz CT molecular complexity index is 372. The Morgan fingerprint density at radius 1 is 1.44 bits per heavy atom. The second-order valence-electron chi connectivity index (χ2n) is 4.21. The van der Waals surface area contributed by atoms with Gasteiger partial charge in [-0.1, -0.05) is 0 Å². The first-order valence-electron chi connectivity index (χ1n) is 5.61. The average Bonchev–Trinajstić information content (AvgIpc) is 2.30. The topological polar surface area (TPSA) is 78.9 Å². The third kappa shape index (κ3) is 2.13. The number of hydrogen-bond acceptors (Lipinski definition) is 4. The van der Waals surface area contributed by atoms with Crippen LogP contribution in [0.3, 0.4) is 0 Å². The lowest BCUT2D eigenvalue weighted by Gasteiger charge is -2.34. The van der Waals surface area contributed by atoms with E-state index in [9.17, 15) is 0 Å². The smallest absolute Gasteiger partial charge is 0.147 e. The second-order valence-corrected chi connectivity index (χ2v) is 4.21. The van der Waals surface area contributed by atoms with Gasteiger partial charge in [-0.3, -0.25) is 5.41 Å². The van der Waals surface area contributed by atoms with Crippen molar-refractivity contribution in [3.8, 4) is 0 Å². The lowest BCUT2D eigenvalue weighted by Crippen LogP contribution is -2.38. The van der Waals surface area contributed by atoms with Crippen LogP contribution >= 0.6 is 0 Å². The molecule has 0 aliphatic carbocycles. The molecule has 1 fully saturated rings. The highest BCUT2D eigenvalue weighted by molar-refractivity contribution is 5.92. The third-order valence-electron chi connectivity index (χ3n) is 3.01. The minimum absolute atomic E-state index is 0.0363. The van der Waals surface area contributed by atoms with Crippen LogP contribution in [0, 0.1) is 5.41 Å². The third-order valence-corrected chi connectivity index (χ3v) is 3.01. The fourth-order valence-electron chi connectivity index (χ4n) is 2.05. The Kier molecular flexibility index (Phi) is 3.03. The number of nitrogens with one attached hydrogen (secondary N) is 1. The van der Waals surface area contributed by atoms with E-state index in [0.717, 1.165) is 12.4 Å². The summed E-state index contributed by atoms with van der Waals surface area (Å²) in [6, 6.07) is 0.520. The standard InChI is InChI=1S/C11H17N5/c1-8-4-2-3-5-16(8)10-7-14-9(6-15-10)11(12)13/h6-8H,2-5H2,1H3,(H3,12,13). The van der Waals surface area contributed by atoms with Gasteiger partial charge < -0.3 is 10.6 Å². The number of amidine groups is 1. The summed E-state index contributed by atoms with van der Waals surface area (Å²) in [5.41, 5.74) is 5.78. The van der Waals surface area contributed by atoms with Gasteiger partial charge in [0.15, 0.2) is 0 Å². The van der Waals surface area contributed by atoms with E-state index in [1.807, 2.05) is 0 Å². The van der Waals surface area contributed by atoms with Crippen LogP contribution in [-0.2, 0) is 0 Å². The summed E-state index contributed by atoms with van der Waals surface area (Å²) in [6.45, 7) is 3.25. The largest absolute Gasteiger partial charge is 0.382 e. The van der Waals surface area contributed by atoms with Crippen molar-refractivity contribution < 1.29 is 0 Å². The van der Waals surface area contributed by atoms with Gasteiger partial charge in [0.25, 0.3) is 0 Å². The van der Waals surface area contributed by atoms with Gasteiger partial charge in [0.1, 0.15) is 17.3 Å². The molecule has 5 nitrogen and oxygen atoms in total. The van der Waals surface area contributed by atoms with Crippen molar-refractivity contribution in [3.63, 3.8) is 0 Å². The molecule has 0 bridgehead atoms. The molecular formula is C11H17N5. The van der Waals surface area contributed by atoms with E-state index in [-0.39, 0.29) is 5.84 Å². The first kappa shape index (κ1) is 10.9. The van der Waals surface area contributed by atoms with Crippen molar-refractivity contribution in [2.75, 3.05) is 11.4 Å². The number of hydrogen-bond donors (Lipinski definition) is 2. The summed E-state index contributed by atoms with van der Waals surface area (Å²) >= 11 is 0. The van der Waals surface area contributed by atoms with E-state index < -0.39 is 0 Å². The number of nitrogens with zero attached hydrogens (tertiary/aromatic N) is 3. The molecule has 0 radical (unpaired) electrons. The van der Waals surface area contributed by atoms with E-state index in [1.165, 1.54) is 19.3 Å². The predicted octanol–water partition coefficient (Wildman–Crippen LogP) is 1.14. The fourth-order valence-corrected chi connectivity index (χ4v) is 2.05. The zero-order valence-electron chi connectivity index (χ0n) is 9.48. The molecule has 0 spiro atoms. The molecule has 2 rings (SSSR count). The molecule has 1 saturated heterocycles. The van der Waals surface area contributed by atoms with Crippen LogP contribution < -0.4 is 10.6 Å². The van der Waals surface area contributed by atoms with Crippen molar-refractivity contribution in [2.45, 2.75) is 32.2 Å². The van der Waals surface area contributed by atoms with Crippen LogP contribution in [0.15, 0.2) is 12.4 Å². The monoisotopic (exact) mass is 219 g/mol. The van der Waals surface area contributed by atoms with Crippen LogP contribution in [0.25, 0.3) is 0 Å². The highest BCUT2D eigenvalue weighted by atomic mass is 15.2. The van der Waals surface area contributed by atoms with Crippen LogP contribution in [0.2, 0.25) is 0 Å². The molecule has 0 saturated carbocycles. The van der Waals surface area contributed by atoms with E-state index in [0.29, 0.717) is 11.7 Å². The minimum atomic E-state index is -0.0363. The first-order valence-corrected chi connectivity index (χ1v) is 5.61. The Morgan fingerprint density at radius 2 is 2.25 bits per heavy atom. The Hall–Kier alpha value is -1.65. The number of anilines is 1. The number of rotatable bonds is 2. The highest BCUT2D eigenvalue weighted by Gasteiger charge is 2.19. The van der Waals surface area contributed by atoms with E-state index >= 15 is 0 Å². The SMILES string of the molecule is CC1CCCCN1c1cnc(C(=N)N)cn1. The molecule has 1 aliphatic rings. The van der Waals surface area contributed by atoms with E-state index in [1.54, 1.807) is 12.4 Å². The molecule has 5 heteroatoms. The maximum atomic E-state index is 7.25. The van der Waals surface area contributed by atoms with Gasteiger partial charge in [0.2, 0.25) is 0 Å². The molecule has 3 N–H and O–H groups in total. The maximum absolute atomic E-state index is 7.25. The van der Waals surface area contributed by atoms with Gasteiger partial charge >= 0.3 is 0 Å². The number of piperidine rings is 1. The lowest BCUT2D eigenvalue weighted by molar-refractivity contribution is 0.480. The zero-order valence-corrected chi connectivity index (χ0v) is 9.48. The lowest BCUT2D eigenvalue weighted by atomic mass is 10.0. The average molecular weight is 219 g/mol. The van der Waals surface area contributed by atoms with Crippen LogP contribution in [0.1, 0.15) is 31.9 Å². The van der Waals surface area contributed by atoms with Gasteiger partial charge in [-0.25, -0.2) is 9.97 Å². The molecule has 1 aromatic rings. The quantitative estimate of drug-likeness (QED) is 0.577. The van der Waals surface area contributed by atoms with Gasteiger partial charge in [0, 0.05) is 12.6 Å². The Morgan fingerprint density at radius 3 is 2.81 bits per heavy atom. The van der Waals surface area contributed by atoms with Crippen molar-refractivity contribution >= 4 is 11.7 Å². The summed E-state index contributed by atoms with van der Waals surface area (Å²) in [5.74, 6) is 0.850. The second kappa shape index (κ2) is 4.47. The summed E-state index contributed by atoms with van der Waals surface area (Å²) in [5, 5.41) is 7.25. The summed E-state index contributed by atoms with van der Waals surface area (Å²) in [6.07, 6.45) is 6.98. The van der Waals surface area contributed by atoms with Gasteiger partial charge in [-0.15, -0.1) is 0 Å². The van der Waals surface area contributed by atoms with Crippen LogP contribution in [-0.4, -0.2) is 28.4 Å². The number of nitrogens with two attached hydrogens (primary N) is 1. The van der Waals surface area contributed by atoms with Crippen molar-refractivity contribution in [3.05, 3.63) is 18.1 Å². The minimum Gasteiger partial charge on any atom is -0.382 e. The maximum Gasteiger partial charge on any atom is 0.147 e. The summed E-state index contributed by atoms with van der Waals surface area (Å²) in [4.78, 5) is 10.7. The number of nitrogen functional groups attached to an aromatic ring is 1. The molecular weight excluding hydrogens is 202 g/mol. The highest BCUT2D eigenvalue weighted by Crippen LogP contribution is 2.21. The first-order chi connectivity index (χ1) is 7.68.